The summed E-state index contributed by atoms with van der Waals surface area (Å²) in [6.45, 7) is 1.42. The molecule has 0 saturated carbocycles. The summed E-state index contributed by atoms with van der Waals surface area (Å²) in [5.41, 5.74) is 5.66. The van der Waals surface area contributed by atoms with E-state index in [4.69, 9.17) is 0 Å². The van der Waals surface area contributed by atoms with E-state index in [1.807, 2.05) is 0 Å². The number of hydrogen-bond acceptors (Lipinski definition) is 5. The first kappa shape index (κ1) is 7.39. The second-order valence-electron chi connectivity index (χ2n) is 2.07. The molecular weight excluding hydrogens is 136 g/mol. The van der Waals surface area contributed by atoms with Crippen LogP contribution in [0, 0.1) is 10.1 Å². The van der Waals surface area contributed by atoms with E-state index < -0.39 is 0 Å². The number of nitro groups is 1. The fourth-order valence-electron chi connectivity index (χ4n) is 0.788. The second-order valence-corrected chi connectivity index (χ2v) is 2.07. The van der Waals surface area contributed by atoms with Crippen molar-refractivity contribution in [3.8, 4) is 0 Å². The quantitative estimate of drug-likeness (QED) is 0.383. The molecule has 6 nitrogen and oxygen atoms in total. The molecule has 1 aliphatic heterocycles. The van der Waals surface area contributed by atoms with E-state index in [1.165, 1.54) is 5.12 Å². The van der Waals surface area contributed by atoms with Crippen LogP contribution in [-0.4, -0.2) is 29.8 Å². The lowest BCUT2D eigenvalue weighted by Gasteiger charge is -2.24. The predicted molar refractivity (Wildman–Crippen MR) is 34.3 cm³/mol. The molecule has 0 spiro atoms. The minimum absolute atomic E-state index is 0.194. The molecule has 10 heavy (non-hydrogen) atoms. The number of nitrogens with zero attached hydrogens (tertiary/aromatic N) is 2. The zero-order valence-electron chi connectivity index (χ0n) is 5.54. The number of hydrogen-bond donors (Lipinski definition) is 2. The summed E-state index contributed by atoms with van der Waals surface area (Å²) in [5.74, 6) is 0. The Labute approximate surface area is 58.3 Å². The molecule has 0 unspecified atom stereocenters. The van der Waals surface area contributed by atoms with Gasteiger partial charge in [0.25, 0.3) is 6.67 Å². The van der Waals surface area contributed by atoms with Gasteiger partial charge in [0.1, 0.15) is 0 Å². The van der Waals surface area contributed by atoms with E-state index in [0.29, 0.717) is 0 Å². The normalized spacial score (nSPS) is 20.8. The van der Waals surface area contributed by atoms with Crippen molar-refractivity contribution in [2.24, 2.45) is 0 Å². The highest BCUT2D eigenvalue weighted by atomic mass is 16.6. The Morgan fingerprint density at radius 1 is 1.50 bits per heavy atom. The maximum Gasteiger partial charge on any atom is 0.284 e. The summed E-state index contributed by atoms with van der Waals surface area (Å²) < 4.78 is 0. The molecule has 1 saturated heterocycles. The van der Waals surface area contributed by atoms with Gasteiger partial charge in [-0.15, -0.1) is 5.12 Å². The molecule has 0 aromatic carbocycles. The molecule has 0 bridgehead atoms. The van der Waals surface area contributed by atoms with Crippen molar-refractivity contribution in [3.63, 3.8) is 0 Å². The van der Waals surface area contributed by atoms with Crippen molar-refractivity contribution in [3.05, 3.63) is 10.1 Å². The molecule has 0 aliphatic carbocycles. The molecule has 2 N–H and O–H groups in total. The first-order chi connectivity index (χ1) is 4.79. The van der Waals surface area contributed by atoms with Crippen LogP contribution in [0.4, 0.5) is 0 Å². The van der Waals surface area contributed by atoms with E-state index >= 15 is 0 Å². The summed E-state index contributed by atoms with van der Waals surface area (Å²) in [6, 6.07) is 0. The zero-order valence-corrected chi connectivity index (χ0v) is 5.54. The van der Waals surface area contributed by atoms with Gasteiger partial charge in [-0.05, 0) is 6.42 Å². The molecule has 1 fully saturated rings. The molecule has 0 amide bonds. The Morgan fingerprint density at radius 2 is 2.10 bits per heavy atom. The maximum atomic E-state index is 9.95. The second kappa shape index (κ2) is 3.45. The molecule has 0 aromatic rings. The van der Waals surface area contributed by atoms with Crippen LogP contribution in [0.15, 0.2) is 0 Å². The fourth-order valence-corrected chi connectivity index (χ4v) is 0.788. The lowest BCUT2D eigenvalue weighted by atomic mass is 10.4. The van der Waals surface area contributed by atoms with Crippen LogP contribution >= 0.6 is 0 Å². The third-order valence-electron chi connectivity index (χ3n) is 1.22. The summed E-state index contributed by atoms with van der Waals surface area (Å²) in [4.78, 5) is 9.57. The van der Waals surface area contributed by atoms with Crippen LogP contribution in [-0.2, 0) is 0 Å². The molecule has 58 valence electrons. The van der Waals surface area contributed by atoms with E-state index in [1.54, 1.807) is 0 Å². The third-order valence-corrected chi connectivity index (χ3v) is 1.22. The third kappa shape index (κ3) is 2.26. The van der Waals surface area contributed by atoms with Crippen LogP contribution in [0.2, 0.25) is 0 Å². The molecule has 0 aromatic heterocycles. The van der Waals surface area contributed by atoms with E-state index in [2.05, 4.69) is 10.9 Å². The van der Waals surface area contributed by atoms with Gasteiger partial charge < -0.3 is 0 Å². The Hall–Kier alpha value is -0.720. The van der Waals surface area contributed by atoms with Gasteiger partial charge in [-0.2, -0.15) is 0 Å². The Balaban J connectivity index is 2.19. The van der Waals surface area contributed by atoms with E-state index in [0.717, 1.165) is 19.5 Å². The van der Waals surface area contributed by atoms with Gasteiger partial charge in [-0.1, -0.05) is 0 Å². The summed E-state index contributed by atoms with van der Waals surface area (Å²) in [7, 11) is 0. The molecule has 6 heteroatoms. The Morgan fingerprint density at radius 3 is 2.60 bits per heavy atom. The van der Waals surface area contributed by atoms with Crippen molar-refractivity contribution in [1.82, 2.24) is 16.0 Å². The highest BCUT2D eigenvalue weighted by molar-refractivity contribution is 4.51. The van der Waals surface area contributed by atoms with Crippen molar-refractivity contribution < 1.29 is 4.92 Å². The first-order valence-corrected chi connectivity index (χ1v) is 3.15. The maximum absolute atomic E-state index is 9.95. The molecule has 1 rings (SSSR count). The monoisotopic (exact) mass is 146 g/mol. The van der Waals surface area contributed by atoms with Gasteiger partial charge in [0.2, 0.25) is 0 Å². The summed E-state index contributed by atoms with van der Waals surface area (Å²) in [5, 5.41) is 11.3. The van der Waals surface area contributed by atoms with Crippen LogP contribution in [0.5, 0.6) is 0 Å². The smallest absolute Gasteiger partial charge is 0.263 e. The van der Waals surface area contributed by atoms with Crippen molar-refractivity contribution in [1.29, 1.82) is 0 Å². The number of hydrazine groups is 2. The Bertz CT molecular complexity index is 122. The van der Waals surface area contributed by atoms with E-state index in [-0.39, 0.29) is 11.6 Å². The first-order valence-electron chi connectivity index (χ1n) is 3.15. The topological polar surface area (TPSA) is 70.4 Å². The zero-order chi connectivity index (χ0) is 7.40. The van der Waals surface area contributed by atoms with Crippen LogP contribution in [0.3, 0.4) is 0 Å². The summed E-state index contributed by atoms with van der Waals surface area (Å²) >= 11 is 0. The highest BCUT2D eigenvalue weighted by Gasteiger charge is 2.12. The average molecular weight is 146 g/mol. The minimum atomic E-state index is -0.384. The Kier molecular flexibility index (Phi) is 2.55. The van der Waals surface area contributed by atoms with Crippen molar-refractivity contribution in [2.75, 3.05) is 19.8 Å². The standard InChI is InChI=1S/C4H10N4O2/c9-8(10)4-7-5-2-1-3-6-7/h5-6H,1-4H2. The van der Waals surface area contributed by atoms with Crippen LogP contribution in [0.25, 0.3) is 0 Å². The SMILES string of the molecule is O=[N+]([O-])CN1NCCCN1. The van der Waals surface area contributed by atoms with Crippen LogP contribution < -0.4 is 10.9 Å². The number of nitrogens with one attached hydrogen (secondary N) is 2. The van der Waals surface area contributed by atoms with Gasteiger partial charge in [-0.25, -0.2) is 10.9 Å². The van der Waals surface area contributed by atoms with Gasteiger partial charge in [0.05, 0.1) is 0 Å². The van der Waals surface area contributed by atoms with Gasteiger partial charge >= 0.3 is 0 Å². The van der Waals surface area contributed by atoms with Gasteiger partial charge in [0, 0.05) is 18.0 Å². The van der Waals surface area contributed by atoms with E-state index in [9.17, 15) is 10.1 Å². The highest BCUT2D eigenvalue weighted by Crippen LogP contribution is 1.85. The van der Waals surface area contributed by atoms with Crippen LogP contribution in [0.1, 0.15) is 6.42 Å². The minimum Gasteiger partial charge on any atom is -0.263 e. The molecule has 1 aliphatic rings. The molecule has 0 atom stereocenters. The summed E-state index contributed by atoms with van der Waals surface area (Å²) in [6.07, 6.45) is 1.01. The number of rotatable bonds is 2. The lowest BCUT2D eigenvalue weighted by Crippen LogP contribution is -2.55. The lowest BCUT2D eigenvalue weighted by molar-refractivity contribution is -0.512. The molecule has 1 heterocycles. The predicted octanol–water partition coefficient (Wildman–Crippen LogP) is -1.06. The van der Waals surface area contributed by atoms with Gasteiger partial charge in [-0.3, -0.25) is 10.1 Å². The average Bonchev–Trinajstić information content (AvgIpc) is 1.88. The largest absolute Gasteiger partial charge is 0.284 e. The fraction of sp³-hybridized carbons (Fsp3) is 1.00. The van der Waals surface area contributed by atoms with Crippen molar-refractivity contribution in [2.45, 2.75) is 6.42 Å². The molecule has 0 radical (unpaired) electrons. The molecular formula is C4H10N4O2. The van der Waals surface area contributed by atoms with Crippen molar-refractivity contribution >= 4 is 0 Å². The van der Waals surface area contributed by atoms with Gasteiger partial charge in [0.15, 0.2) is 0 Å².